The first-order valence-corrected chi connectivity index (χ1v) is 15.5. The maximum Gasteiger partial charge on any atom is 0.250 e. The smallest absolute Gasteiger partial charge is 0.250 e. The normalized spacial score (nSPS) is 18.5. The van der Waals surface area contributed by atoms with Crippen LogP contribution in [0.2, 0.25) is 0 Å². The number of carbonyl (C=O) groups excluding carboxylic acids is 4. The van der Waals surface area contributed by atoms with Crippen LogP contribution in [-0.4, -0.2) is 65.2 Å². The summed E-state index contributed by atoms with van der Waals surface area (Å²) in [6.45, 7) is 7.64. The van der Waals surface area contributed by atoms with Gasteiger partial charge in [0.05, 0.1) is 6.04 Å². The van der Waals surface area contributed by atoms with Gasteiger partial charge in [-0.3, -0.25) is 19.2 Å². The van der Waals surface area contributed by atoms with E-state index < -0.39 is 23.5 Å². The Morgan fingerprint density at radius 3 is 2.43 bits per heavy atom. The molecular formula is C31H42N6O4S. The highest BCUT2D eigenvalue weighted by molar-refractivity contribution is 7.20. The number of hydrogen-bond acceptors (Lipinski definition) is 7. The minimum Gasteiger partial charge on any atom is -0.339 e. The summed E-state index contributed by atoms with van der Waals surface area (Å²) in [5.74, 6) is -1.02. The Labute approximate surface area is 251 Å². The number of hydrogen-bond donors (Lipinski definition) is 4. The topological polar surface area (TPSA) is 133 Å². The standard InChI is InChI=1S/C31H42N6O4S/c1-19(32-5)25(38)33-24(21-15-10-7-11-16-21)28(40)37-18-12-17-22(37)26(39)35-27-23(20-13-8-6-9-14-20)34-30(42-27)36-29(41)31(2,3)4/h6,8-9,13-15,19,22,24,32H,7,10-12,16-18H2,1-5H3,(H,33,38)(H,35,39)(H,34,36,41)/t19-,22-,24-/m0/s1. The van der Waals surface area contributed by atoms with Crippen molar-refractivity contribution in [2.24, 2.45) is 5.41 Å². The summed E-state index contributed by atoms with van der Waals surface area (Å²) >= 11 is 1.19. The van der Waals surface area contributed by atoms with E-state index in [1.165, 1.54) is 11.3 Å². The molecule has 0 bridgehead atoms. The fourth-order valence-corrected chi connectivity index (χ4v) is 5.92. The van der Waals surface area contributed by atoms with Gasteiger partial charge in [0.15, 0.2) is 5.13 Å². The number of likely N-dealkylation sites (N-methyl/N-ethyl adjacent to an activating group) is 1. The van der Waals surface area contributed by atoms with Crippen LogP contribution in [0.25, 0.3) is 11.3 Å². The predicted molar refractivity (Wildman–Crippen MR) is 166 cm³/mol. The van der Waals surface area contributed by atoms with Gasteiger partial charge in [0, 0.05) is 17.5 Å². The molecule has 1 aliphatic heterocycles. The van der Waals surface area contributed by atoms with Crippen LogP contribution >= 0.6 is 11.3 Å². The highest BCUT2D eigenvalue weighted by Crippen LogP contribution is 2.37. The zero-order valence-electron chi connectivity index (χ0n) is 25.1. The minimum absolute atomic E-state index is 0.181. The number of aromatic nitrogens is 1. The van der Waals surface area contributed by atoms with Gasteiger partial charge in [-0.15, -0.1) is 0 Å². The van der Waals surface area contributed by atoms with E-state index in [0.29, 0.717) is 35.2 Å². The lowest BCUT2D eigenvalue weighted by Crippen LogP contribution is -2.55. The summed E-state index contributed by atoms with van der Waals surface area (Å²) in [7, 11) is 1.70. The molecule has 226 valence electrons. The summed E-state index contributed by atoms with van der Waals surface area (Å²) in [4.78, 5) is 59.5. The van der Waals surface area contributed by atoms with Crippen LogP contribution in [0.15, 0.2) is 42.0 Å². The van der Waals surface area contributed by atoms with E-state index in [1.54, 1.807) is 18.9 Å². The van der Waals surface area contributed by atoms with Crippen molar-refractivity contribution < 1.29 is 19.2 Å². The highest BCUT2D eigenvalue weighted by Gasteiger charge is 2.39. The molecule has 0 saturated carbocycles. The van der Waals surface area contributed by atoms with Crippen LogP contribution in [0.4, 0.5) is 10.1 Å². The summed E-state index contributed by atoms with van der Waals surface area (Å²) in [6.07, 6.45) is 6.85. The number of likely N-dealkylation sites (tertiary alicyclic amines) is 1. The molecule has 0 spiro atoms. The van der Waals surface area contributed by atoms with Gasteiger partial charge in [-0.25, -0.2) is 4.98 Å². The van der Waals surface area contributed by atoms with Gasteiger partial charge >= 0.3 is 0 Å². The van der Waals surface area contributed by atoms with Gasteiger partial charge in [-0.05, 0) is 58.1 Å². The van der Waals surface area contributed by atoms with Gasteiger partial charge in [0.1, 0.15) is 22.8 Å². The van der Waals surface area contributed by atoms with Crippen molar-refractivity contribution in [2.75, 3.05) is 24.2 Å². The van der Waals surface area contributed by atoms with Crippen molar-refractivity contribution in [3.8, 4) is 11.3 Å². The quantitative estimate of drug-likeness (QED) is 0.320. The molecule has 3 atom stereocenters. The number of benzene rings is 1. The average Bonchev–Trinajstić information content (AvgIpc) is 3.63. The van der Waals surface area contributed by atoms with E-state index in [-0.39, 0.29) is 23.6 Å². The molecule has 0 unspecified atom stereocenters. The third kappa shape index (κ3) is 7.43. The van der Waals surface area contributed by atoms with E-state index in [4.69, 9.17) is 0 Å². The molecule has 0 radical (unpaired) electrons. The molecule has 1 fully saturated rings. The van der Waals surface area contributed by atoms with Gasteiger partial charge in [0.25, 0.3) is 0 Å². The monoisotopic (exact) mass is 594 g/mol. The zero-order valence-corrected chi connectivity index (χ0v) is 25.9. The molecule has 11 heteroatoms. The molecule has 1 aromatic heterocycles. The second kappa shape index (κ2) is 13.6. The van der Waals surface area contributed by atoms with Crippen molar-refractivity contribution >= 4 is 45.1 Å². The molecule has 10 nitrogen and oxygen atoms in total. The SMILES string of the molecule is CN[C@@H](C)C(=O)N[C@H](C(=O)N1CCC[C@H]1C(=O)Nc1sc(NC(=O)C(C)(C)C)nc1-c1ccccc1)C1=CCCCC1. The Kier molecular flexibility index (Phi) is 10.2. The maximum atomic E-state index is 14.0. The Bertz CT molecular complexity index is 1330. The first kappa shape index (κ1) is 31.4. The van der Waals surface area contributed by atoms with E-state index >= 15 is 0 Å². The lowest BCUT2D eigenvalue weighted by molar-refractivity contribution is -0.139. The van der Waals surface area contributed by atoms with Crippen molar-refractivity contribution in [1.29, 1.82) is 0 Å². The largest absolute Gasteiger partial charge is 0.339 e. The van der Waals surface area contributed by atoms with Crippen molar-refractivity contribution in [2.45, 2.75) is 84.3 Å². The molecule has 4 N–H and O–H groups in total. The van der Waals surface area contributed by atoms with Crippen LogP contribution in [0.5, 0.6) is 0 Å². The lowest BCUT2D eigenvalue weighted by atomic mass is 9.92. The third-order valence-corrected chi connectivity index (χ3v) is 8.59. The maximum absolute atomic E-state index is 14.0. The summed E-state index contributed by atoms with van der Waals surface area (Å²) in [6, 6.07) is 7.49. The summed E-state index contributed by atoms with van der Waals surface area (Å²) in [5, 5.41) is 12.6. The molecule has 2 aliphatic rings. The molecule has 4 amide bonds. The van der Waals surface area contributed by atoms with E-state index in [2.05, 4.69) is 32.3 Å². The van der Waals surface area contributed by atoms with Crippen molar-refractivity contribution in [3.05, 3.63) is 42.0 Å². The Balaban J connectivity index is 1.58. The van der Waals surface area contributed by atoms with Crippen LogP contribution in [0, 0.1) is 5.41 Å². The third-order valence-electron chi connectivity index (χ3n) is 7.71. The van der Waals surface area contributed by atoms with Gasteiger partial charge in [-0.1, -0.05) is 68.5 Å². The van der Waals surface area contributed by atoms with Crippen molar-refractivity contribution in [3.63, 3.8) is 0 Å². The number of allylic oxidation sites excluding steroid dienone is 1. The lowest BCUT2D eigenvalue weighted by Gasteiger charge is -2.31. The summed E-state index contributed by atoms with van der Waals surface area (Å²) < 4.78 is 0. The fraction of sp³-hybridized carbons (Fsp3) is 0.516. The number of nitrogens with one attached hydrogen (secondary N) is 4. The van der Waals surface area contributed by atoms with Crippen LogP contribution in [0.3, 0.4) is 0 Å². The second-order valence-corrected chi connectivity index (χ2v) is 12.9. The first-order chi connectivity index (χ1) is 20.0. The zero-order chi connectivity index (χ0) is 30.4. The summed E-state index contributed by atoms with van der Waals surface area (Å²) in [5.41, 5.74) is 1.64. The Morgan fingerprint density at radius 2 is 1.79 bits per heavy atom. The number of thiazole rings is 1. The van der Waals surface area contributed by atoms with E-state index in [0.717, 1.165) is 36.8 Å². The number of nitrogens with zero attached hydrogens (tertiary/aromatic N) is 2. The fourth-order valence-electron chi connectivity index (χ4n) is 5.04. The minimum atomic E-state index is -0.801. The van der Waals surface area contributed by atoms with Gasteiger partial charge in [-0.2, -0.15) is 0 Å². The molecular weight excluding hydrogens is 552 g/mol. The molecule has 2 aromatic rings. The Morgan fingerprint density at radius 1 is 1.05 bits per heavy atom. The van der Waals surface area contributed by atoms with Crippen LogP contribution in [0.1, 0.15) is 66.2 Å². The molecule has 1 aromatic carbocycles. The number of amides is 4. The molecule has 4 rings (SSSR count). The average molecular weight is 595 g/mol. The highest BCUT2D eigenvalue weighted by atomic mass is 32.1. The molecule has 2 heterocycles. The van der Waals surface area contributed by atoms with Gasteiger partial charge < -0.3 is 26.2 Å². The molecule has 42 heavy (non-hydrogen) atoms. The van der Waals surface area contributed by atoms with E-state index in [1.807, 2.05) is 51.1 Å². The van der Waals surface area contributed by atoms with Crippen molar-refractivity contribution in [1.82, 2.24) is 20.5 Å². The molecule has 1 aliphatic carbocycles. The van der Waals surface area contributed by atoms with Crippen LogP contribution in [-0.2, 0) is 19.2 Å². The number of rotatable bonds is 9. The van der Waals surface area contributed by atoms with Gasteiger partial charge in [0.2, 0.25) is 23.6 Å². The predicted octanol–water partition coefficient (Wildman–Crippen LogP) is 4.32. The Hall–Kier alpha value is -3.57. The van der Waals surface area contributed by atoms with E-state index in [9.17, 15) is 19.2 Å². The second-order valence-electron chi connectivity index (χ2n) is 11.9. The first-order valence-electron chi connectivity index (χ1n) is 14.6. The van der Waals surface area contributed by atoms with Crippen LogP contribution < -0.4 is 21.3 Å². The molecule has 1 saturated heterocycles. The number of carbonyl (C=O) groups is 4. The number of anilines is 2.